The second kappa shape index (κ2) is 6.94. The summed E-state index contributed by atoms with van der Waals surface area (Å²) in [5.41, 5.74) is 4.49. The van der Waals surface area contributed by atoms with Crippen molar-refractivity contribution in [1.82, 2.24) is 5.32 Å². The van der Waals surface area contributed by atoms with Crippen LogP contribution in [0.25, 0.3) is 17.2 Å². The molecule has 0 saturated carbocycles. The molecule has 26 heavy (non-hydrogen) atoms. The fraction of sp³-hybridized carbons (Fsp3) is 0. The van der Waals surface area contributed by atoms with Crippen LogP contribution in [0.5, 0.6) is 0 Å². The van der Waals surface area contributed by atoms with Gasteiger partial charge in [-0.2, -0.15) is 0 Å². The average Bonchev–Trinajstić information content (AvgIpc) is 2.97. The molecule has 0 atom stereocenters. The van der Waals surface area contributed by atoms with E-state index in [-0.39, 0.29) is 5.91 Å². The molecule has 1 aliphatic rings. The number of thiocarbonyl (C=S) groups is 1. The van der Waals surface area contributed by atoms with Gasteiger partial charge in [0.2, 0.25) is 0 Å². The molecule has 3 aromatic rings. The average molecular weight is 356 g/mol. The van der Waals surface area contributed by atoms with E-state index in [0.717, 1.165) is 16.8 Å². The minimum atomic E-state index is -0.145. The molecule has 0 aliphatic carbocycles. The maximum atomic E-state index is 12.7. The SMILES string of the molecule is O=C1C(=Cc2ccc(-c3ccccc3)cc2)NC(=S)N1c1ccccc1. The maximum absolute atomic E-state index is 12.7. The molecule has 0 radical (unpaired) electrons. The summed E-state index contributed by atoms with van der Waals surface area (Å²) in [7, 11) is 0. The van der Waals surface area contributed by atoms with Crippen molar-refractivity contribution >= 4 is 35.0 Å². The lowest BCUT2D eigenvalue weighted by molar-refractivity contribution is -0.113. The van der Waals surface area contributed by atoms with E-state index in [1.807, 2.05) is 66.7 Å². The van der Waals surface area contributed by atoms with Crippen LogP contribution in [0.15, 0.2) is 90.6 Å². The molecule has 1 heterocycles. The Labute approximate surface area is 157 Å². The quantitative estimate of drug-likeness (QED) is 0.549. The fourth-order valence-electron chi connectivity index (χ4n) is 2.92. The van der Waals surface area contributed by atoms with Crippen LogP contribution in [0.2, 0.25) is 0 Å². The standard InChI is InChI=1S/C22H16N2OS/c25-21-20(23-22(26)24(21)19-9-5-2-6-10-19)15-16-11-13-18(14-12-16)17-7-3-1-4-8-17/h1-15H,(H,23,26). The summed E-state index contributed by atoms with van der Waals surface area (Å²) in [4.78, 5) is 14.2. The topological polar surface area (TPSA) is 32.3 Å². The number of nitrogens with zero attached hydrogens (tertiary/aromatic N) is 1. The molecule has 1 amide bonds. The second-order valence-electron chi connectivity index (χ2n) is 5.95. The van der Waals surface area contributed by atoms with Gasteiger partial charge in [-0.3, -0.25) is 9.69 Å². The van der Waals surface area contributed by atoms with Crippen molar-refractivity contribution in [2.24, 2.45) is 0 Å². The number of rotatable bonds is 3. The van der Waals surface area contributed by atoms with E-state index in [9.17, 15) is 4.79 Å². The van der Waals surface area contributed by atoms with Crippen LogP contribution in [0.3, 0.4) is 0 Å². The van der Waals surface area contributed by atoms with Gasteiger partial charge in [-0.1, -0.05) is 72.8 Å². The fourth-order valence-corrected chi connectivity index (χ4v) is 3.21. The number of amides is 1. The molecular formula is C22H16N2OS. The van der Waals surface area contributed by atoms with Gasteiger partial charge in [0, 0.05) is 0 Å². The number of carbonyl (C=O) groups excluding carboxylic acids is 1. The molecule has 1 saturated heterocycles. The smallest absolute Gasteiger partial charge is 0.281 e. The third-order valence-electron chi connectivity index (χ3n) is 4.22. The third kappa shape index (κ3) is 3.15. The molecule has 0 spiro atoms. The van der Waals surface area contributed by atoms with Crippen LogP contribution in [0, 0.1) is 0 Å². The first-order valence-corrected chi connectivity index (χ1v) is 8.71. The number of carbonyl (C=O) groups is 1. The van der Waals surface area contributed by atoms with Gasteiger partial charge < -0.3 is 5.32 Å². The monoisotopic (exact) mass is 356 g/mol. The number of benzene rings is 3. The van der Waals surface area contributed by atoms with Crippen molar-refractivity contribution < 1.29 is 4.79 Å². The van der Waals surface area contributed by atoms with Gasteiger partial charge in [-0.25, -0.2) is 0 Å². The lowest BCUT2D eigenvalue weighted by Gasteiger charge is -2.13. The minimum Gasteiger partial charge on any atom is -0.327 e. The van der Waals surface area contributed by atoms with E-state index in [0.29, 0.717) is 10.8 Å². The molecule has 0 bridgehead atoms. The molecule has 0 unspecified atom stereocenters. The molecule has 3 nitrogen and oxygen atoms in total. The first-order chi connectivity index (χ1) is 12.7. The minimum absolute atomic E-state index is 0.145. The van der Waals surface area contributed by atoms with Gasteiger partial charge in [-0.05, 0) is 47.1 Å². The van der Waals surface area contributed by atoms with Crippen molar-refractivity contribution in [3.8, 4) is 11.1 Å². The normalized spacial score (nSPS) is 15.4. The highest BCUT2D eigenvalue weighted by atomic mass is 32.1. The Hall–Kier alpha value is -3.24. The molecule has 3 aromatic carbocycles. The first-order valence-electron chi connectivity index (χ1n) is 8.30. The number of hydrogen-bond acceptors (Lipinski definition) is 2. The highest BCUT2D eigenvalue weighted by molar-refractivity contribution is 7.80. The third-order valence-corrected chi connectivity index (χ3v) is 4.51. The highest BCUT2D eigenvalue weighted by Gasteiger charge is 2.31. The van der Waals surface area contributed by atoms with Crippen LogP contribution in [-0.4, -0.2) is 11.0 Å². The zero-order valence-electron chi connectivity index (χ0n) is 13.9. The van der Waals surface area contributed by atoms with Crippen LogP contribution < -0.4 is 10.2 Å². The van der Waals surface area contributed by atoms with Gasteiger partial charge in [0.1, 0.15) is 5.70 Å². The summed E-state index contributed by atoms with van der Waals surface area (Å²) in [6, 6.07) is 27.7. The molecule has 4 rings (SSSR count). The Morgan fingerprint density at radius 1 is 0.769 bits per heavy atom. The van der Waals surface area contributed by atoms with Crippen molar-refractivity contribution in [2.45, 2.75) is 0 Å². The molecule has 1 fully saturated rings. The number of nitrogens with one attached hydrogen (secondary N) is 1. The van der Waals surface area contributed by atoms with Crippen LogP contribution in [0.1, 0.15) is 5.56 Å². The summed E-state index contributed by atoms with van der Waals surface area (Å²) >= 11 is 5.33. The summed E-state index contributed by atoms with van der Waals surface area (Å²) < 4.78 is 0. The van der Waals surface area contributed by atoms with E-state index in [4.69, 9.17) is 12.2 Å². The van der Waals surface area contributed by atoms with Gasteiger partial charge >= 0.3 is 0 Å². The Morgan fingerprint density at radius 3 is 2.00 bits per heavy atom. The Balaban J connectivity index is 1.59. The molecule has 1 N–H and O–H groups in total. The molecule has 126 valence electrons. The number of para-hydroxylation sites is 1. The van der Waals surface area contributed by atoms with Crippen molar-refractivity contribution in [1.29, 1.82) is 0 Å². The summed E-state index contributed by atoms with van der Waals surface area (Å²) in [6.45, 7) is 0. The van der Waals surface area contributed by atoms with Crippen LogP contribution >= 0.6 is 12.2 Å². The molecule has 0 aromatic heterocycles. The number of hydrogen-bond donors (Lipinski definition) is 1. The molecule has 1 aliphatic heterocycles. The summed E-state index contributed by atoms with van der Waals surface area (Å²) in [5.74, 6) is -0.145. The van der Waals surface area contributed by atoms with Crippen molar-refractivity contribution in [3.05, 3.63) is 96.2 Å². The Kier molecular flexibility index (Phi) is 4.33. The van der Waals surface area contributed by atoms with E-state index >= 15 is 0 Å². The summed E-state index contributed by atoms with van der Waals surface area (Å²) in [5, 5.41) is 3.41. The summed E-state index contributed by atoms with van der Waals surface area (Å²) in [6.07, 6.45) is 1.83. The van der Waals surface area contributed by atoms with Crippen LogP contribution in [0.4, 0.5) is 5.69 Å². The predicted octanol–water partition coefficient (Wildman–Crippen LogP) is 4.62. The molecular weight excluding hydrogens is 340 g/mol. The Morgan fingerprint density at radius 2 is 1.35 bits per heavy atom. The van der Waals surface area contributed by atoms with E-state index in [1.54, 1.807) is 0 Å². The molecule has 4 heteroatoms. The zero-order valence-corrected chi connectivity index (χ0v) is 14.7. The zero-order chi connectivity index (χ0) is 17.9. The van der Waals surface area contributed by atoms with E-state index in [2.05, 4.69) is 29.6 Å². The van der Waals surface area contributed by atoms with Crippen LogP contribution in [-0.2, 0) is 4.79 Å². The first kappa shape index (κ1) is 16.2. The van der Waals surface area contributed by atoms with Crippen molar-refractivity contribution in [2.75, 3.05) is 4.90 Å². The van der Waals surface area contributed by atoms with Gasteiger partial charge in [-0.15, -0.1) is 0 Å². The van der Waals surface area contributed by atoms with E-state index in [1.165, 1.54) is 10.5 Å². The van der Waals surface area contributed by atoms with Gasteiger partial charge in [0.05, 0.1) is 5.69 Å². The highest BCUT2D eigenvalue weighted by Crippen LogP contribution is 2.23. The maximum Gasteiger partial charge on any atom is 0.281 e. The Bertz CT molecular complexity index is 980. The lowest BCUT2D eigenvalue weighted by atomic mass is 10.0. The number of anilines is 1. The van der Waals surface area contributed by atoms with Gasteiger partial charge in [0.25, 0.3) is 5.91 Å². The largest absolute Gasteiger partial charge is 0.327 e. The van der Waals surface area contributed by atoms with Gasteiger partial charge in [0.15, 0.2) is 5.11 Å². The second-order valence-corrected chi connectivity index (χ2v) is 6.34. The van der Waals surface area contributed by atoms with E-state index < -0.39 is 0 Å². The van der Waals surface area contributed by atoms with Crippen molar-refractivity contribution in [3.63, 3.8) is 0 Å². The lowest BCUT2D eigenvalue weighted by Crippen LogP contribution is -2.30. The predicted molar refractivity (Wildman–Crippen MR) is 110 cm³/mol.